The predicted octanol–water partition coefficient (Wildman–Crippen LogP) is 0.786. The number of ether oxygens (including phenoxy) is 1. The molecule has 9 nitrogen and oxygen atoms in total. The van der Waals surface area contributed by atoms with E-state index < -0.39 is 31.1 Å². The fraction of sp³-hybridized carbons (Fsp3) is 0.312. The number of nitrogens with zero attached hydrogens (tertiary/aromatic N) is 4. The Bertz CT molecular complexity index is 936. The number of aliphatic hydroxyl groups excluding tert-OH is 3. The van der Waals surface area contributed by atoms with Gasteiger partial charge < -0.3 is 25.4 Å². The van der Waals surface area contributed by atoms with E-state index in [1.807, 2.05) is 24.3 Å². The number of imidazole rings is 1. The van der Waals surface area contributed by atoms with Gasteiger partial charge in [0.15, 0.2) is 23.2 Å². The van der Waals surface area contributed by atoms with Crippen LogP contribution in [-0.2, 0) is 4.74 Å². The van der Waals surface area contributed by atoms with Crippen molar-refractivity contribution in [3.63, 3.8) is 0 Å². The predicted molar refractivity (Wildman–Crippen MR) is 101 cm³/mol. The lowest BCUT2D eigenvalue weighted by molar-refractivity contribution is -0.0511. The summed E-state index contributed by atoms with van der Waals surface area (Å²) in [7, 11) is 0. The Morgan fingerprint density at radius 3 is 2.77 bits per heavy atom. The molecule has 0 saturated carbocycles. The molecule has 0 aliphatic carbocycles. The second-order valence-corrected chi connectivity index (χ2v) is 7.16. The standard InChI is InChI=1S/C16H16IN5O4/c17-8-2-1-3-9(4-8)21-14-11-15(19-6-18-14)22(7-20-11)16-13(25)12(24)10(5-23)26-16/h1-4,6-7,10,12-13,16,23-25H,5H2,(H,18,19,21)/t10-,12-,13-,16?/m1/s1. The first-order valence-electron chi connectivity index (χ1n) is 7.91. The molecule has 3 heterocycles. The first-order chi connectivity index (χ1) is 12.6. The van der Waals surface area contributed by atoms with E-state index in [0.29, 0.717) is 17.0 Å². The van der Waals surface area contributed by atoms with Gasteiger partial charge in [0.1, 0.15) is 24.6 Å². The van der Waals surface area contributed by atoms with Gasteiger partial charge in [0.05, 0.1) is 12.9 Å². The van der Waals surface area contributed by atoms with E-state index in [1.165, 1.54) is 17.2 Å². The van der Waals surface area contributed by atoms with Crippen molar-refractivity contribution in [3.05, 3.63) is 40.5 Å². The maximum Gasteiger partial charge on any atom is 0.167 e. The molecule has 1 unspecified atom stereocenters. The Morgan fingerprint density at radius 1 is 1.19 bits per heavy atom. The maximum atomic E-state index is 10.2. The first-order valence-corrected chi connectivity index (χ1v) is 8.99. The number of aromatic nitrogens is 4. The highest BCUT2D eigenvalue weighted by Gasteiger charge is 2.44. The lowest BCUT2D eigenvalue weighted by Gasteiger charge is -2.16. The van der Waals surface area contributed by atoms with E-state index >= 15 is 0 Å². The minimum atomic E-state index is -1.20. The molecule has 1 aliphatic rings. The molecule has 4 rings (SSSR count). The Morgan fingerprint density at radius 2 is 2.04 bits per heavy atom. The van der Waals surface area contributed by atoms with E-state index in [2.05, 4.69) is 42.9 Å². The number of anilines is 2. The fourth-order valence-corrected chi connectivity index (χ4v) is 3.49. The van der Waals surface area contributed by atoms with Gasteiger partial charge in [0.25, 0.3) is 0 Å². The van der Waals surface area contributed by atoms with Gasteiger partial charge in [-0.25, -0.2) is 15.0 Å². The van der Waals surface area contributed by atoms with Crippen molar-refractivity contribution in [2.45, 2.75) is 24.5 Å². The number of aliphatic hydroxyl groups is 3. The molecule has 136 valence electrons. The van der Waals surface area contributed by atoms with E-state index in [-0.39, 0.29) is 0 Å². The average molecular weight is 469 g/mol. The van der Waals surface area contributed by atoms with Gasteiger partial charge in [0, 0.05) is 9.26 Å². The van der Waals surface area contributed by atoms with Gasteiger partial charge >= 0.3 is 0 Å². The summed E-state index contributed by atoms with van der Waals surface area (Å²) in [6, 6.07) is 7.80. The molecule has 4 atom stereocenters. The zero-order valence-corrected chi connectivity index (χ0v) is 15.6. The zero-order chi connectivity index (χ0) is 18.3. The smallest absolute Gasteiger partial charge is 0.167 e. The van der Waals surface area contributed by atoms with E-state index in [1.54, 1.807) is 0 Å². The third kappa shape index (κ3) is 3.03. The van der Waals surface area contributed by atoms with Crippen molar-refractivity contribution in [2.24, 2.45) is 0 Å². The monoisotopic (exact) mass is 469 g/mol. The van der Waals surface area contributed by atoms with Gasteiger partial charge in [0.2, 0.25) is 0 Å². The van der Waals surface area contributed by atoms with Crippen LogP contribution in [0.25, 0.3) is 11.2 Å². The quantitative estimate of drug-likeness (QED) is 0.414. The molecular weight excluding hydrogens is 453 g/mol. The number of benzene rings is 1. The molecule has 4 N–H and O–H groups in total. The zero-order valence-electron chi connectivity index (χ0n) is 13.4. The topological polar surface area (TPSA) is 126 Å². The lowest BCUT2D eigenvalue weighted by Crippen LogP contribution is -2.33. The largest absolute Gasteiger partial charge is 0.394 e. The van der Waals surface area contributed by atoms with Gasteiger partial charge in [-0.05, 0) is 40.8 Å². The van der Waals surface area contributed by atoms with Crippen LogP contribution in [0.3, 0.4) is 0 Å². The van der Waals surface area contributed by atoms with Crippen LogP contribution < -0.4 is 5.32 Å². The molecule has 2 aromatic heterocycles. The summed E-state index contributed by atoms with van der Waals surface area (Å²) in [6.45, 7) is -0.393. The molecular formula is C16H16IN5O4. The van der Waals surface area contributed by atoms with Crippen LogP contribution in [0.1, 0.15) is 6.23 Å². The number of fused-ring (bicyclic) bond motifs is 1. The average Bonchev–Trinajstić information content (AvgIpc) is 3.18. The molecule has 0 amide bonds. The highest BCUT2D eigenvalue weighted by molar-refractivity contribution is 14.1. The van der Waals surface area contributed by atoms with Crippen LogP contribution in [0.15, 0.2) is 36.9 Å². The van der Waals surface area contributed by atoms with Crippen molar-refractivity contribution in [1.29, 1.82) is 0 Å². The van der Waals surface area contributed by atoms with Gasteiger partial charge in [-0.15, -0.1) is 0 Å². The van der Waals surface area contributed by atoms with Crippen LogP contribution in [0, 0.1) is 3.57 Å². The summed E-state index contributed by atoms with van der Waals surface area (Å²) in [5, 5.41) is 32.7. The SMILES string of the molecule is OC[C@H]1OC(n2cnc3c(Nc4cccc(I)c4)ncnc32)[C@H](O)[C@@H]1O. The molecule has 0 spiro atoms. The molecule has 26 heavy (non-hydrogen) atoms. The summed E-state index contributed by atoms with van der Waals surface area (Å²) >= 11 is 2.22. The van der Waals surface area contributed by atoms with Gasteiger partial charge in [-0.3, -0.25) is 4.57 Å². The summed E-state index contributed by atoms with van der Waals surface area (Å²) in [4.78, 5) is 12.8. The van der Waals surface area contributed by atoms with E-state index in [0.717, 1.165) is 9.26 Å². The number of halogens is 1. The molecule has 3 aromatic rings. The Balaban J connectivity index is 1.69. The Labute approximate surface area is 161 Å². The number of hydrogen-bond donors (Lipinski definition) is 4. The van der Waals surface area contributed by atoms with Gasteiger partial charge in [-0.2, -0.15) is 0 Å². The van der Waals surface area contributed by atoms with Crippen LogP contribution in [0.5, 0.6) is 0 Å². The minimum Gasteiger partial charge on any atom is -0.394 e. The minimum absolute atomic E-state index is 0.393. The highest BCUT2D eigenvalue weighted by atomic mass is 127. The van der Waals surface area contributed by atoms with Crippen molar-refractivity contribution >= 4 is 45.3 Å². The molecule has 1 fully saturated rings. The molecule has 1 saturated heterocycles. The Hall–Kier alpha value is -1.86. The fourth-order valence-electron chi connectivity index (χ4n) is 2.94. The first kappa shape index (κ1) is 17.5. The second-order valence-electron chi connectivity index (χ2n) is 5.91. The van der Waals surface area contributed by atoms with Crippen LogP contribution >= 0.6 is 22.6 Å². The molecule has 0 radical (unpaired) electrons. The number of rotatable bonds is 4. The van der Waals surface area contributed by atoms with E-state index in [9.17, 15) is 15.3 Å². The normalized spacial score (nSPS) is 25.7. The summed E-state index contributed by atoms with van der Waals surface area (Å²) in [6.07, 6.45) is -1.29. The highest BCUT2D eigenvalue weighted by Crippen LogP contribution is 2.32. The van der Waals surface area contributed by atoms with E-state index in [4.69, 9.17) is 4.74 Å². The molecule has 1 aromatic carbocycles. The van der Waals surface area contributed by atoms with Gasteiger partial charge in [-0.1, -0.05) is 6.07 Å². The summed E-state index contributed by atoms with van der Waals surface area (Å²) < 4.78 is 8.16. The summed E-state index contributed by atoms with van der Waals surface area (Å²) in [5.74, 6) is 0.516. The molecule has 1 aliphatic heterocycles. The van der Waals surface area contributed by atoms with Crippen molar-refractivity contribution in [3.8, 4) is 0 Å². The summed E-state index contributed by atoms with van der Waals surface area (Å²) in [5.41, 5.74) is 1.81. The third-order valence-electron chi connectivity index (χ3n) is 4.24. The van der Waals surface area contributed by atoms with Crippen LogP contribution in [-0.4, -0.2) is 59.8 Å². The molecule has 0 bridgehead atoms. The second kappa shape index (κ2) is 7.04. The number of nitrogens with one attached hydrogen (secondary N) is 1. The maximum absolute atomic E-state index is 10.2. The van der Waals surface area contributed by atoms with Crippen LogP contribution in [0.4, 0.5) is 11.5 Å². The Kier molecular flexibility index (Phi) is 4.75. The van der Waals surface area contributed by atoms with Crippen molar-refractivity contribution < 1.29 is 20.1 Å². The molecule has 10 heteroatoms. The number of hydrogen-bond acceptors (Lipinski definition) is 8. The van der Waals surface area contributed by atoms with Crippen LogP contribution in [0.2, 0.25) is 0 Å². The van der Waals surface area contributed by atoms with Crippen molar-refractivity contribution in [2.75, 3.05) is 11.9 Å². The lowest BCUT2D eigenvalue weighted by atomic mass is 10.1. The van der Waals surface area contributed by atoms with Crippen molar-refractivity contribution in [1.82, 2.24) is 19.5 Å². The third-order valence-corrected chi connectivity index (χ3v) is 4.91.